The second kappa shape index (κ2) is 9.05. The molecule has 2 amide bonds. The molecule has 0 atom stereocenters. The summed E-state index contributed by atoms with van der Waals surface area (Å²) in [6.45, 7) is 2.51. The molecule has 1 aromatic carbocycles. The zero-order valence-corrected chi connectivity index (χ0v) is 15.5. The third kappa shape index (κ3) is 4.64. The number of carbonyl (C=O) groups is 2. The normalized spacial score (nSPS) is 10.2. The minimum Gasteiger partial charge on any atom is -0.495 e. The van der Waals surface area contributed by atoms with Crippen molar-refractivity contribution in [1.29, 1.82) is 0 Å². The summed E-state index contributed by atoms with van der Waals surface area (Å²) in [7, 11) is 2.94. The average Bonchev–Trinajstić information content (AvgIpc) is 2.66. The van der Waals surface area contributed by atoms with Gasteiger partial charge < -0.3 is 20.1 Å². The maximum absolute atomic E-state index is 12.5. The van der Waals surface area contributed by atoms with E-state index >= 15 is 0 Å². The molecule has 0 aliphatic heterocycles. The van der Waals surface area contributed by atoms with Gasteiger partial charge in [0.2, 0.25) is 0 Å². The first-order valence-electron chi connectivity index (χ1n) is 7.96. The Morgan fingerprint density at radius 1 is 1.04 bits per heavy atom. The van der Waals surface area contributed by atoms with Gasteiger partial charge in [-0.3, -0.25) is 14.6 Å². The van der Waals surface area contributed by atoms with Gasteiger partial charge in [-0.1, -0.05) is 18.5 Å². The van der Waals surface area contributed by atoms with Gasteiger partial charge in [-0.25, -0.2) is 0 Å². The second-order valence-corrected chi connectivity index (χ2v) is 5.77. The summed E-state index contributed by atoms with van der Waals surface area (Å²) < 4.78 is 10.4. The number of hydrogen-bond donors (Lipinski definition) is 2. The molecule has 0 saturated heterocycles. The fourth-order valence-corrected chi connectivity index (χ4v) is 2.41. The summed E-state index contributed by atoms with van der Waals surface area (Å²) in [4.78, 5) is 28.5. The van der Waals surface area contributed by atoms with Crippen molar-refractivity contribution in [3.63, 3.8) is 0 Å². The monoisotopic (exact) mass is 377 g/mol. The number of methoxy groups -OCH3 is 2. The van der Waals surface area contributed by atoms with Crippen molar-refractivity contribution in [2.24, 2.45) is 0 Å². The van der Waals surface area contributed by atoms with Crippen LogP contribution in [0.4, 0.5) is 5.69 Å². The van der Waals surface area contributed by atoms with E-state index in [2.05, 4.69) is 15.6 Å². The predicted molar refractivity (Wildman–Crippen MR) is 99.4 cm³/mol. The molecule has 0 aliphatic carbocycles. The van der Waals surface area contributed by atoms with Gasteiger partial charge in [0.1, 0.15) is 11.5 Å². The van der Waals surface area contributed by atoms with Crippen molar-refractivity contribution in [3.05, 3.63) is 46.7 Å². The Hall–Kier alpha value is -2.80. The number of hydrogen-bond acceptors (Lipinski definition) is 5. The Labute approximate surface area is 156 Å². The molecule has 26 heavy (non-hydrogen) atoms. The molecular weight excluding hydrogens is 358 g/mol. The zero-order chi connectivity index (χ0) is 19.1. The van der Waals surface area contributed by atoms with Gasteiger partial charge >= 0.3 is 0 Å². The largest absolute Gasteiger partial charge is 0.495 e. The van der Waals surface area contributed by atoms with Crippen LogP contribution in [0.3, 0.4) is 0 Å². The summed E-state index contributed by atoms with van der Waals surface area (Å²) in [6, 6.07) is 4.58. The number of nitrogens with zero attached hydrogens (tertiary/aromatic N) is 1. The van der Waals surface area contributed by atoms with Crippen LogP contribution in [-0.4, -0.2) is 37.6 Å². The third-order valence-corrected chi connectivity index (χ3v) is 3.82. The van der Waals surface area contributed by atoms with Gasteiger partial charge in [-0.2, -0.15) is 0 Å². The first kappa shape index (κ1) is 19.5. The lowest BCUT2D eigenvalue weighted by Crippen LogP contribution is -2.24. The van der Waals surface area contributed by atoms with Crippen LogP contribution >= 0.6 is 11.6 Å². The Bertz CT molecular complexity index is 811. The molecule has 2 rings (SSSR count). The van der Waals surface area contributed by atoms with E-state index in [0.29, 0.717) is 34.3 Å². The smallest absolute Gasteiger partial charge is 0.257 e. The van der Waals surface area contributed by atoms with Gasteiger partial charge in [-0.05, 0) is 12.5 Å². The van der Waals surface area contributed by atoms with Gasteiger partial charge in [0.05, 0.1) is 36.1 Å². The highest BCUT2D eigenvalue weighted by atomic mass is 35.5. The fourth-order valence-electron chi connectivity index (χ4n) is 2.18. The van der Waals surface area contributed by atoms with E-state index < -0.39 is 5.91 Å². The van der Waals surface area contributed by atoms with E-state index in [1.54, 1.807) is 12.1 Å². The van der Waals surface area contributed by atoms with Gasteiger partial charge in [0, 0.05) is 31.1 Å². The quantitative estimate of drug-likeness (QED) is 0.773. The highest BCUT2D eigenvalue weighted by Gasteiger charge is 2.15. The molecule has 0 spiro atoms. The van der Waals surface area contributed by atoms with Gasteiger partial charge in [-0.15, -0.1) is 0 Å². The molecule has 2 N–H and O–H groups in total. The number of anilines is 1. The molecule has 7 nitrogen and oxygen atoms in total. The molecule has 0 unspecified atom stereocenters. The molecule has 0 radical (unpaired) electrons. The number of aromatic nitrogens is 1. The van der Waals surface area contributed by atoms with Crippen LogP contribution in [0, 0.1) is 0 Å². The lowest BCUT2D eigenvalue weighted by molar-refractivity contribution is 0.0953. The van der Waals surface area contributed by atoms with Gasteiger partial charge in [0.15, 0.2) is 0 Å². The molecule has 2 aromatic rings. The van der Waals surface area contributed by atoms with E-state index in [0.717, 1.165) is 6.42 Å². The predicted octanol–water partition coefficient (Wildman–Crippen LogP) is 3.14. The Morgan fingerprint density at radius 2 is 1.69 bits per heavy atom. The Balaban J connectivity index is 2.24. The van der Waals surface area contributed by atoms with Crippen molar-refractivity contribution < 1.29 is 19.1 Å². The summed E-state index contributed by atoms with van der Waals surface area (Å²) in [6.07, 6.45) is 3.61. The van der Waals surface area contributed by atoms with E-state index in [4.69, 9.17) is 21.1 Å². The molecule has 0 saturated carbocycles. The topological polar surface area (TPSA) is 89.6 Å². The van der Waals surface area contributed by atoms with Crippen LogP contribution in [0.1, 0.15) is 34.1 Å². The number of amides is 2. The lowest BCUT2D eigenvalue weighted by Gasteiger charge is -2.13. The number of rotatable bonds is 7. The van der Waals surface area contributed by atoms with Crippen LogP contribution in [0.25, 0.3) is 0 Å². The number of benzene rings is 1. The van der Waals surface area contributed by atoms with Crippen molar-refractivity contribution in [2.45, 2.75) is 13.3 Å². The molecule has 0 fully saturated rings. The lowest BCUT2D eigenvalue weighted by atomic mass is 10.1. The van der Waals surface area contributed by atoms with Gasteiger partial charge in [0.25, 0.3) is 11.8 Å². The van der Waals surface area contributed by atoms with E-state index in [-0.39, 0.29) is 11.5 Å². The molecule has 0 aliphatic rings. The number of carbonyl (C=O) groups excluding carboxylic acids is 2. The zero-order valence-electron chi connectivity index (χ0n) is 14.8. The Morgan fingerprint density at radius 3 is 2.31 bits per heavy atom. The highest BCUT2D eigenvalue weighted by Crippen LogP contribution is 2.36. The van der Waals surface area contributed by atoms with Crippen LogP contribution in [0.2, 0.25) is 5.02 Å². The number of halogens is 1. The first-order valence-corrected chi connectivity index (χ1v) is 8.34. The Kier molecular flexibility index (Phi) is 6.80. The van der Waals surface area contributed by atoms with Crippen LogP contribution in [0.5, 0.6) is 11.5 Å². The van der Waals surface area contributed by atoms with Crippen LogP contribution < -0.4 is 20.1 Å². The maximum Gasteiger partial charge on any atom is 0.257 e. The number of pyridine rings is 1. The van der Waals surface area contributed by atoms with E-state index in [9.17, 15) is 9.59 Å². The van der Waals surface area contributed by atoms with Crippen molar-refractivity contribution in [1.82, 2.24) is 10.3 Å². The average molecular weight is 378 g/mol. The summed E-state index contributed by atoms with van der Waals surface area (Å²) >= 11 is 6.06. The molecule has 138 valence electrons. The molecule has 0 bridgehead atoms. The minimum atomic E-state index is -0.440. The molecule has 1 aromatic heterocycles. The molecular formula is C18H20ClN3O4. The van der Waals surface area contributed by atoms with Crippen LogP contribution in [-0.2, 0) is 0 Å². The van der Waals surface area contributed by atoms with E-state index in [1.807, 2.05) is 6.92 Å². The molecule has 1 heterocycles. The summed E-state index contributed by atoms with van der Waals surface area (Å²) in [5.41, 5.74) is 0.941. The fraction of sp³-hybridized carbons (Fsp3) is 0.278. The summed E-state index contributed by atoms with van der Waals surface area (Å²) in [5.74, 6) is 0.0626. The second-order valence-electron chi connectivity index (χ2n) is 5.36. The third-order valence-electron chi connectivity index (χ3n) is 3.52. The first-order chi connectivity index (χ1) is 12.5. The minimum absolute atomic E-state index is 0.241. The maximum atomic E-state index is 12.5. The van der Waals surface area contributed by atoms with Crippen molar-refractivity contribution in [2.75, 3.05) is 26.1 Å². The molecule has 8 heteroatoms. The standard InChI is InChI=1S/C18H20ClN3O4/c1-4-5-21-17(23)11-6-12(10-20-9-11)18(24)22-14-8-15(25-2)13(19)7-16(14)26-3/h6-10H,4-5H2,1-3H3,(H,21,23)(H,22,24). The number of nitrogens with one attached hydrogen (secondary N) is 2. The van der Waals surface area contributed by atoms with E-state index in [1.165, 1.54) is 32.7 Å². The SMILES string of the molecule is CCCNC(=O)c1cncc(C(=O)Nc2cc(OC)c(Cl)cc2OC)c1. The van der Waals surface area contributed by atoms with Crippen LogP contribution in [0.15, 0.2) is 30.6 Å². The highest BCUT2D eigenvalue weighted by molar-refractivity contribution is 6.32. The summed E-state index contributed by atoms with van der Waals surface area (Å²) in [5, 5.41) is 5.82. The van der Waals surface area contributed by atoms with Crippen molar-refractivity contribution >= 4 is 29.1 Å². The van der Waals surface area contributed by atoms with Crippen molar-refractivity contribution in [3.8, 4) is 11.5 Å². The number of ether oxygens (including phenoxy) is 2.